The van der Waals surface area contributed by atoms with E-state index in [2.05, 4.69) is 21.0 Å². The van der Waals surface area contributed by atoms with Crippen molar-refractivity contribution in [1.82, 2.24) is 0 Å². The highest BCUT2D eigenvalue weighted by Crippen LogP contribution is 2.45. The van der Waals surface area contributed by atoms with Crippen molar-refractivity contribution in [3.05, 3.63) is 47.9 Å². The molecule has 1 N–H and O–H groups in total. The second-order valence-corrected chi connectivity index (χ2v) is 14.2. The molecule has 7 nitrogen and oxygen atoms in total. The third-order valence-corrected chi connectivity index (χ3v) is 9.29. The molecule has 1 fully saturated rings. The van der Waals surface area contributed by atoms with Crippen molar-refractivity contribution >= 4 is 7.82 Å². The highest BCUT2D eigenvalue weighted by molar-refractivity contribution is 7.47. The lowest BCUT2D eigenvalue weighted by molar-refractivity contribution is -0.843. The van der Waals surface area contributed by atoms with Crippen LogP contribution in [0.15, 0.2) is 42.3 Å². The Morgan fingerprint density at radius 3 is 1.93 bits per heavy atom. The standard InChI is InChI=1S/C35H62NO6P/c1-4-5-6-7-8-9-10-11-12-13-14-15-16-17-18-22-28-39-31-35(40-29-33-24-20-19-21-25-33)32-42-43(37,38)41-30-34-26-23-27-36(34,2)3/h19-21,24-25,30,35H,4-18,22-23,26-29,31-32H2,1-3H3/p+1. The van der Waals surface area contributed by atoms with Gasteiger partial charge in [0, 0.05) is 19.4 Å². The molecule has 248 valence electrons. The number of quaternary nitrogens is 1. The monoisotopic (exact) mass is 624 g/mol. The second kappa shape index (κ2) is 23.2. The number of hydrogen-bond acceptors (Lipinski definition) is 5. The highest BCUT2D eigenvalue weighted by Gasteiger charge is 2.31. The summed E-state index contributed by atoms with van der Waals surface area (Å²) in [5.41, 5.74) is 2.01. The largest absolute Gasteiger partial charge is 0.527 e. The van der Waals surface area contributed by atoms with Gasteiger partial charge in [0.25, 0.3) is 0 Å². The lowest BCUT2D eigenvalue weighted by Crippen LogP contribution is -2.33. The molecule has 1 heterocycles. The van der Waals surface area contributed by atoms with Gasteiger partial charge < -0.3 is 14.0 Å². The van der Waals surface area contributed by atoms with Gasteiger partial charge in [-0.15, -0.1) is 0 Å². The molecule has 8 heteroatoms. The molecule has 1 aliphatic heterocycles. The molecule has 1 saturated heterocycles. The minimum atomic E-state index is -4.25. The van der Waals surface area contributed by atoms with E-state index in [0.29, 0.717) is 24.3 Å². The Labute approximate surface area is 263 Å². The van der Waals surface area contributed by atoms with E-state index in [1.165, 1.54) is 96.2 Å². The first-order valence-corrected chi connectivity index (χ1v) is 18.7. The Hall–Kier alpha value is -1.21. The molecule has 0 saturated carbocycles. The van der Waals surface area contributed by atoms with Crippen LogP contribution in [0.4, 0.5) is 0 Å². The lowest BCUT2D eigenvalue weighted by Gasteiger charge is -2.24. The van der Waals surface area contributed by atoms with Crippen molar-refractivity contribution in [3.8, 4) is 0 Å². The van der Waals surface area contributed by atoms with Crippen LogP contribution in [0.1, 0.15) is 128 Å². The fraction of sp³-hybridized carbons (Fsp3) is 0.771. The first-order valence-electron chi connectivity index (χ1n) is 17.2. The van der Waals surface area contributed by atoms with Crippen molar-refractivity contribution in [2.24, 2.45) is 0 Å². The summed E-state index contributed by atoms with van der Waals surface area (Å²) in [5.74, 6) is 0. The first-order chi connectivity index (χ1) is 20.8. The van der Waals surface area contributed by atoms with E-state index in [1.807, 2.05) is 30.3 Å². The zero-order valence-corrected chi connectivity index (χ0v) is 28.6. The normalized spacial score (nSPS) is 17.7. The maximum Gasteiger partial charge on any atom is 0.527 e. The van der Waals surface area contributed by atoms with Crippen LogP contribution in [0.3, 0.4) is 0 Å². The van der Waals surface area contributed by atoms with E-state index >= 15 is 0 Å². The number of benzene rings is 1. The molecule has 0 amide bonds. The predicted octanol–water partition coefficient (Wildman–Crippen LogP) is 9.70. The van der Waals surface area contributed by atoms with E-state index in [1.54, 1.807) is 0 Å². The van der Waals surface area contributed by atoms with E-state index in [9.17, 15) is 9.46 Å². The number of allylic oxidation sites excluding steroid dienone is 1. The van der Waals surface area contributed by atoms with Gasteiger partial charge in [-0.1, -0.05) is 134 Å². The number of likely N-dealkylation sites (tertiary alicyclic amines) is 1. The van der Waals surface area contributed by atoms with Crippen LogP contribution in [0, 0.1) is 0 Å². The van der Waals surface area contributed by atoms with Crippen LogP contribution >= 0.6 is 7.82 Å². The van der Waals surface area contributed by atoms with Crippen molar-refractivity contribution in [3.63, 3.8) is 0 Å². The van der Waals surface area contributed by atoms with Crippen LogP contribution in [0.25, 0.3) is 0 Å². The summed E-state index contributed by atoms with van der Waals surface area (Å²) in [6.45, 7) is 4.51. The summed E-state index contributed by atoms with van der Waals surface area (Å²) in [7, 11) is -0.121. The molecule has 0 radical (unpaired) electrons. The molecule has 1 aliphatic rings. The summed E-state index contributed by atoms with van der Waals surface area (Å²) >= 11 is 0. The van der Waals surface area contributed by atoms with Gasteiger partial charge in [-0.2, -0.15) is 0 Å². The molecular formula is C35H63NO6P+. The smallest absolute Gasteiger partial charge is 0.406 e. The Morgan fingerprint density at radius 2 is 1.40 bits per heavy atom. The van der Waals surface area contributed by atoms with Gasteiger partial charge >= 0.3 is 7.82 Å². The van der Waals surface area contributed by atoms with Gasteiger partial charge in [0.1, 0.15) is 11.8 Å². The Kier molecular flexibility index (Phi) is 20.5. The Balaban J connectivity index is 1.56. The molecular weight excluding hydrogens is 561 g/mol. The molecule has 2 atom stereocenters. The number of phosphoric acid groups is 1. The molecule has 2 rings (SSSR count). The minimum Gasteiger partial charge on any atom is -0.406 e. The number of phosphoric ester groups is 1. The highest BCUT2D eigenvalue weighted by atomic mass is 31.2. The maximum absolute atomic E-state index is 12.6. The molecule has 1 aromatic rings. The third-order valence-electron chi connectivity index (χ3n) is 8.45. The molecule has 0 aliphatic carbocycles. The summed E-state index contributed by atoms with van der Waals surface area (Å²) in [5, 5.41) is 0. The number of rotatable bonds is 27. The number of nitrogens with zero attached hydrogens (tertiary/aromatic N) is 1. The van der Waals surface area contributed by atoms with Crippen molar-refractivity contribution in [2.75, 3.05) is 40.5 Å². The van der Waals surface area contributed by atoms with Crippen LogP contribution < -0.4 is 0 Å². The molecule has 0 bridgehead atoms. The van der Waals surface area contributed by atoms with Crippen LogP contribution in [-0.4, -0.2) is 55.9 Å². The van der Waals surface area contributed by atoms with Gasteiger partial charge in [-0.25, -0.2) is 4.57 Å². The average Bonchev–Trinajstić information content (AvgIpc) is 3.34. The van der Waals surface area contributed by atoms with Gasteiger partial charge in [0.2, 0.25) is 0 Å². The number of hydrogen-bond donors (Lipinski definition) is 1. The van der Waals surface area contributed by atoms with Gasteiger partial charge in [0.05, 0.1) is 40.5 Å². The zero-order valence-electron chi connectivity index (χ0n) is 27.7. The summed E-state index contributed by atoms with van der Waals surface area (Å²) in [6.07, 6.45) is 24.2. The van der Waals surface area contributed by atoms with Crippen LogP contribution in [0.2, 0.25) is 0 Å². The molecule has 2 unspecified atom stereocenters. The number of ether oxygens (including phenoxy) is 2. The van der Waals surface area contributed by atoms with Crippen molar-refractivity contribution in [2.45, 2.75) is 135 Å². The Morgan fingerprint density at radius 1 is 0.837 bits per heavy atom. The maximum atomic E-state index is 12.6. The van der Waals surface area contributed by atoms with Crippen molar-refractivity contribution < 1.29 is 32.5 Å². The zero-order chi connectivity index (χ0) is 31.1. The Bertz CT molecular complexity index is 894. The first kappa shape index (κ1) is 38.0. The predicted molar refractivity (Wildman–Crippen MR) is 177 cm³/mol. The van der Waals surface area contributed by atoms with Gasteiger partial charge in [0.15, 0.2) is 6.26 Å². The fourth-order valence-corrected chi connectivity index (χ4v) is 6.21. The van der Waals surface area contributed by atoms with E-state index in [0.717, 1.165) is 43.5 Å². The minimum absolute atomic E-state index is 0.0823. The third kappa shape index (κ3) is 19.0. The lowest BCUT2D eigenvalue weighted by atomic mass is 10.0. The van der Waals surface area contributed by atoms with Gasteiger partial charge in [-0.3, -0.25) is 13.9 Å². The van der Waals surface area contributed by atoms with Crippen molar-refractivity contribution in [1.29, 1.82) is 0 Å². The SMILES string of the molecule is CCCCCCCCCCCCCCCCCCOCC(COP(=O)(O)OC=C1CCC[N+]1(C)C)OCc1ccccc1. The fourth-order valence-electron chi connectivity index (χ4n) is 5.54. The molecule has 1 aromatic carbocycles. The van der Waals surface area contributed by atoms with E-state index < -0.39 is 13.9 Å². The van der Waals surface area contributed by atoms with Crippen LogP contribution in [-0.2, 0) is 29.7 Å². The van der Waals surface area contributed by atoms with Gasteiger partial charge in [-0.05, 0) is 12.0 Å². The van der Waals surface area contributed by atoms with E-state index in [4.69, 9.17) is 18.5 Å². The van der Waals surface area contributed by atoms with Crippen LogP contribution in [0.5, 0.6) is 0 Å². The molecule has 0 aromatic heterocycles. The topological polar surface area (TPSA) is 74.2 Å². The summed E-state index contributed by atoms with van der Waals surface area (Å²) in [6, 6.07) is 9.87. The number of unbranched alkanes of at least 4 members (excludes halogenated alkanes) is 15. The summed E-state index contributed by atoms with van der Waals surface area (Å²) in [4.78, 5) is 10.3. The second-order valence-electron chi connectivity index (χ2n) is 12.8. The average molecular weight is 625 g/mol. The molecule has 0 spiro atoms. The molecule has 43 heavy (non-hydrogen) atoms. The summed E-state index contributed by atoms with van der Waals surface area (Å²) < 4.78 is 35.7. The van der Waals surface area contributed by atoms with E-state index in [-0.39, 0.29) is 6.61 Å². The quantitative estimate of drug-likeness (QED) is 0.0455.